The van der Waals surface area contributed by atoms with Gasteiger partial charge in [0.05, 0.1) is 11.9 Å². The van der Waals surface area contributed by atoms with Crippen LogP contribution in [0.3, 0.4) is 0 Å². The van der Waals surface area contributed by atoms with Crippen LogP contribution in [0.15, 0.2) is 71.9 Å². The Kier molecular flexibility index (Phi) is 4.42. The second-order valence-corrected chi connectivity index (χ2v) is 6.58. The van der Waals surface area contributed by atoms with Gasteiger partial charge in [0.15, 0.2) is 5.65 Å². The number of allylic oxidation sites excluding steroid dienone is 1. The first kappa shape index (κ1) is 17.0. The number of nitrogens with zero attached hydrogens (tertiary/aromatic N) is 4. The highest BCUT2D eigenvalue weighted by atomic mass is 16.1. The highest BCUT2D eigenvalue weighted by Crippen LogP contribution is 2.17. The van der Waals surface area contributed by atoms with Crippen LogP contribution in [0.1, 0.15) is 16.7 Å². The zero-order valence-electron chi connectivity index (χ0n) is 15.3. The molecule has 27 heavy (non-hydrogen) atoms. The van der Waals surface area contributed by atoms with E-state index in [1.54, 1.807) is 21.8 Å². The van der Waals surface area contributed by atoms with Crippen molar-refractivity contribution in [3.63, 3.8) is 0 Å². The lowest BCUT2D eigenvalue weighted by Gasteiger charge is -2.07. The van der Waals surface area contributed by atoms with Crippen molar-refractivity contribution in [2.24, 2.45) is 0 Å². The molecule has 134 valence electrons. The quantitative estimate of drug-likeness (QED) is 0.557. The fourth-order valence-electron chi connectivity index (χ4n) is 2.99. The minimum atomic E-state index is -0.0900. The summed E-state index contributed by atoms with van der Waals surface area (Å²) in [4.78, 5) is 17.3. The lowest BCUT2D eigenvalue weighted by atomic mass is 10.1. The standard InChI is InChI=1S/C22H20N4O/c1-16-10-11-19(13-17(16)2)26-21-20(14-24-26)22(27)25(15-23-21)12-6-9-18-7-4-3-5-8-18/h3-11,13-15H,12H2,1-2H3. The average Bonchev–Trinajstić information content (AvgIpc) is 3.11. The van der Waals surface area contributed by atoms with E-state index in [9.17, 15) is 4.79 Å². The molecule has 4 rings (SSSR count). The summed E-state index contributed by atoms with van der Waals surface area (Å²) in [6.45, 7) is 4.59. The Morgan fingerprint density at radius 3 is 2.63 bits per heavy atom. The summed E-state index contributed by atoms with van der Waals surface area (Å²) < 4.78 is 3.31. The fourth-order valence-corrected chi connectivity index (χ4v) is 2.99. The van der Waals surface area contributed by atoms with Gasteiger partial charge < -0.3 is 0 Å². The lowest BCUT2D eigenvalue weighted by Crippen LogP contribution is -2.19. The fraction of sp³-hybridized carbons (Fsp3) is 0.136. The van der Waals surface area contributed by atoms with Crippen molar-refractivity contribution in [2.45, 2.75) is 20.4 Å². The first-order chi connectivity index (χ1) is 13.1. The number of benzene rings is 2. The van der Waals surface area contributed by atoms with Crippen LogP contribution in [-0.4, -0.2) is 19.3 Å². The molecule has 2 aromatic heterocycles. The monoisotopic (exact) mass is 356 g/mol. The van der Waals surface area contributed by atoms with Gasteiger partial charge in [-0.1, -0.05) is 48.6 Å². The van der Waals surface area contributed by atoms with Crippen molar-refractivity contribution in [2.75, 3.05) is 0 Å². The Morgan fingerprint density at radius 1 is 1.04 bits per heavy atom. The number of hydrogen-bond acceptors (Lipinski definition) is 3. The van der Waals surface area contributed by atoms with Gasteiger partial charge in [0.1, 0.15) is 11.7 Å². The summed E-state index contributed by atoms with van der Waals surface area (Å²) in [5.74, 6) is 0. The van der Waals surface area contributed by atoms with Gasteiger partial charge in [0, 0.05) is 6.54 Å². The molecule has 5 heteroatoms. The molecule has 0 aliphatic rings. The molecule has 0 saturated carbocycles. The number of hydrogen-bond donors (Lipinski definition) is 0. The molecule has 4 aromatic rings. The normalized spacial score (nSPS) is 11.5. The smallest absolute Gasteiger partial charge is 0.264 e. The summed E-state index contributed by atoms with van der Waals surface area (Å²) in [6.07, 6.45) is 7.13. The van der Waals surface area contributed by atoms with Crippen molar-refractivity contribution in [1.29, 1.82) is 0 Å². The van der Waals surface area contributed by atoms with Crippen molar-refractivity contribution in [3.8, 4) is 5.69 Å². The van der Waals surface area contributed by atoms with Crippen LogP contribution in [0.5, 0.6) is 0 Å². The molecule has 0 unspecified atom stereocenters. The molecule has 0 N–H and O–H groups in total. The molecule has 5 nitrogen and oxygen atoms in total. The second-order valence-electron chi connectivity index (χ2n) is 6.58. The number of rotatable bonds is 4. The van der Waals surface area contributed by atoms with Gasteiger partial charge in [0.25, 0.3) is 5.56 Å². The van der Waals surface area contributed by atoms with E-state index in [2.05, 4.69) is 30.0 Å². The lowest BCUT2D eigenvalue weighted by molar-refractivity contribution is 0.765. The molecule has 0 atom stereocenters. The summed E-state index contributed by atoms with van der Waals surface area (Å²) in [6, 6.07) is 16.1. The number of aryl methyl sites for hydroxylation is 2. The first-order valence-corrected chi connectivity index (χ1v) is 8.86. The minimum absolute atomic E-state index is 0.0900. The van der Waals surface area contributed by atoms with Gasteiger partial charge in [-0.05, 0) is 42.7 Å². The van der Waals surface area contributed by atoms with Crippen molar-refractivity contribution >= 4 is 17.1 Å². The van der Waals surface area contributed by atoms with Crippen LogP contribution in [0, 0.1) is 13.8 Å². The van der Waals surface area contributed by atoms with E-state index < -0.39 is 0 Å². The summed E-state index contributed by atoms with van der Waals surface area (Å²) >= 11 is 0. The maximum absolute atomic E-state index is 12.8. The van der Waals surface area contributed by atoms with Gasteiger partial charge >= 0.3 is 0 Å². The number of fused-ring (bicyclic) bond motifs is 1. The van der Waals surface area contributed by atoms with Crippen molar-refractivity contribution in [3.05, 3.63) is 94.2 Å². The van der Waals surface area contributed by atoms with E-state index in [1.807, 2.05) is 54.6 Å². The van der Waals surface area contributed by atoms with E-state index in [0.717, 1.165) is 11.3 Å². The van der Waals surface area contributed by atoms with E-state index in [1.165, 1.54) is 11.1 Å². The summed E-state index contributed by atoms with van der Waals surface area (Å²) in [7, 11) is 0. The minimum Gasteiger partial charge on any atom is -0.295 e. The van der Waals surface area contributed by atoms with Gasteiger partial charge in [-0.3, -0.25) is 9.36 Å². The topological polar surface area (TPSA) is 52.7 Å². The third-order valence-corrected chi connectivity index (χ3v) is 4.70. The van der Waals surface area contributed by atoms with Crippen LogP contribution in [0.4, 0.5) is 0 Å². The van der Waals surface area contributed by atoms with E-state index in [0.29, 0.717) is 17.6 Å². The molecule has 0 saturated heterocycles. The van der Waals surface area contributed by atoms with Crippen LogP contribution in [0.25, 0.3) is 22.8 Å². The van der Waals surface area contributed by atoms with E-state index in [4.69, 9.17) is 0 Å². The Hall–Kier alpha value is -3.47. The van der Waals surface area contributed by atoms with Crippen LogP contribution >= 0.6 is 0 Å². The summed E-state index contributed by atoms with van der Waals surface area (Å²) in [5.41, 5.74) is 4.88. The maximum Gasteiger partial charge on any atom is 0.264 e. The molecular weight excluding hydrogens is 336 g/mol. The molecule has 2 heterocycles. The largest absolute Gasteiger partial charge is 0.295 e. The Labute approximate surface area is 157 Å². The number of aromatic nitrogens is 4. The Morgan fingerprint density at radius 2 is 1.85 bits per heavy atom. The van der Waals surface area contributed by atoms with Crippen LogP contribution in [-0.2, 0) is 6.54 Å². The van der Waals surface area contributed by atoms with Crippen LogP contribution in [0.2, 0.25) is 0 Å². The van der Waals surface area contributed by atoms with Gasteiger partial charge in [0.2, 0.25) is 0 Å². The molecule has 0 bridgehead atoms. The molecular formula is C22H20N4O. The zero-order chi connectivity index (χ0) is 18.8. The van der Waals surface area contributed by atoms with Crippen molar-refractivity contribution < 1.29 is 0 Å². The predicted molar refractivity (Wildman–Crippen MR) is 108 cm³/mol. The highest BCUT2D eigenvalue weighted by Gasteiger charge is 2.11. The van der Waals surface area contributed by atoms with E-state index >= 15 is 0 Å². The average molecular weight is 356 g/mol. The highest BCUT2D eigenvalue weighted by molar-refractivity contribution is 5.75. The molecule has 0 spiro atoms. The zero-order valence-corrected chi connectivity index (χ0v) is 15.3. The van der Waals surface area contributed by atoms with Crippen LogP contribution < -0.4 is 5.56 Å². The molecule has 0 fully saturated rings. The van der Waals surface area contributed by atoms with Crippen molar-refractivity contribution in [1.82, 2.24) is 19.3 Å². The van der Waals surface area contributed by atoms with Gasteiger partial charge in [-0.2, -0.15) is 5.10 Å². The Bertz CT molecular complexity index is 1190. The predicted octanol–water partition coefficient (Wildman–Crippen LogP) is 3.91. The third kappa shape index (κ3) is 3.31. The second kappa shape index (κ2) is 7.03. The SMILES string of the molecule is Cc1ccc(-n2ncc3c(=O)n(CC=Cc4ccccc4)cnc32)cc1C. The molecule has 0 aliphatic heterocycles. The van der Waals surface area contributed by atoms with E-state index in [-0.39, 0.29) is 5.56 Å². The molecule has 0 aliphatic carbocycles. The summed E-state index contributed by atoms with van der Waals surface area (Å²) in [5, 5.41) is 4.91. The maximum atomic E-state index is 12.8. The molecule has 2 aromatic carbocycles. The third-order valence-electron chi connectivity index (χ3n) is 4.70. The first-order valence-electron chi connectivity index (χ1n) is 8.86. The molecule has 0 radical (unpaired) electrons. The van der Waals surface area contributed by atoms with Gasteiger partial charge in [-0.25, -0.2) is 9.67 Å². The van der Waals surface area contributed by atoms with Gasteiger partial charge in [-0.15, -0.1) is 0 Å². The molecule has 0 amide bonds. The Balaban J connectivity index is 1.66.